The Bertz CT molecular complexity index is 801. The molecule has 2 aliphatic rings. The topological polar surface area (TPSA) is 93.0 Å². The predicted octanol–water partition coefficient (Wildman–Crippen LogP) is 0.833. The molecular formula is C18H23N5O4. The Kier molecular flexibility index (Phi) is 5.21. The van der Waals surface area contributed by atoms with E-state index in [0.717, 1.165) is 39.1 Å². The summed E-state index contributed by atoms with van der Waals surface area (Å²) in [6.45, 7) is 6.09. The third-order valence-electron chi connectivity index (χ3n) is 4.77. The van der Waals surface area contributed by atoms with Gasteiger partial charge in [-0.2, -0.15) is 0 Å². The lowest BCUT2D eigenvalue weighted by Gasteiger charge is -2.32. The van der Waals surface area contributed by atoms with Gasteiger partial charge in [0.15, 0.2) is 11.5 Å². The smallest absolute Gasteiger partial charge is 0.308 e. The summed E-state index contributed by atoms with van der Waals surface area (Å²) < 4.78 is 16.1. The second-order valence-electron chi connectivity index (χ2n) is 6.73. The van der Waals surface area contributed by atoms with Crippen molar-refractivity contribution in [3.8, 4) is 23.0 Å². The first kappa shape index (κ1) is 17.7. The first-order valence-corrected chi connectivity index (χ1v) is 9.12. The number of nitrogens with one attached hydrogen (secondary N) is 1. The van der Waals surface area contributed by atoms with Crippen molar-refractivity contribution in [1.82, 2.24) is 25.3 Å². The minimum Gasteiger partial charge on any atom is -0.454 e. The molecular weight excluding hydrogens is 350 g/mol. The van der Waals surface area contributed by atoms with E-state index in [1.54, 1.807) is 18.2 Å². The molecule has 1 saturated heterocycles. The average Bonchev–Trinajstić information content (AvgIpc) is 3.35. The zero-order chi connectivity index (χ0) is 18.6. The minimum atomic E-state index is -0.354. The number of likely N-dealkylation sites (N-methyl/N-ethyl adjacent to an activating group) is 1. The number of piperazine rings is 1. The summed E-state index contributed by atoms with van der Waals surface area (Å²) in [6.07, 6.45) is 0.888. The van der Waals surface area contributed by atoms with Crippen molar-refractivity contribution in [2.24, 2.45) is 0 Å². The summed E-state index contributed by atoms with van der Waals surface area (Å²) in [7, 11) is 2.14. The van der Waals surface area contributed by atoms with Crippen LogP contribution in [-0.4, -0.2) is 79.0 Å². The molecule has 0 saturated carbocycles. The number of fused-ring (bicyclic) bond motifs is 1. The van der Waals surface area contributed by atoms with E-state index in [1.165, 1.54) is 0 Å². The maximum atomic E-state index is 12.2. The molecule has 0 radical (unpaired) electrons. The largest absolute Gasteiger partial charge is 0.454 e. The molecule has 1 N–H and O–H groups in total. The normalized spacial score (nSPS) is 17.2. The molecule has 3 heterocycles. The molecule has 0 aliphatic carbocycles. The van der Waals surface area contributed by atoms with Gasteiger partial charge < -0.3 is 29.0 Å². The van der Waals surface area contributed by atoms with Crippen molar-refractivity contribution in [3.05, 3.63) is 24.1 Å². The first-order chi connectivity index (χ1) is 13.2. The number of hydrogen-bond acceptors (Lipinski definition) is 8. The molecule has 9 nitrogen and oxygen atoms in total. The highest BCUT2D eigenvalue weighted by atomic mass is 16.7. The van der Waals surface area contributed by atoms with Crippen molar-refractivity contribution >= 4 is 5.91 Å². The number of aromatic nitrogens is 2. The quantitative estimate of drug-likeness (QED) is 0.745. The zero-order valence-corrected chi connectivity index (χ0v) is 15.3. The highest BCUT2D eigenvalue weighted by Crippen LogP contribution is 2.35. The summed E-state index contributed by atoms with van der Waals surface area (Å²) >= 11 is 0. The van der Waals surface area contributed by atoms with Gasteiger partial charge in [0.1, 0.15) is 0 Å². The number of carbonyl (C=O) groups is 1. The maximum absolute atomic E-state index is 12.2. The summed E-state index contributed by atoms with van der Waals surface area (Å²) in [4.78, 5) is 16.9. The van der Waals surface area contributed by atoms with Crippen LogP contribution in [0.5, 0.6) is 11.5 Å². The number of rotatable bonds is 6. The van der Waals surface area contributed by atoms with E-state index in [4.69, 9.17) is 13.9 Å². The van der Waals surface area contributed by atoms with Crippen LogP contribution in [0, 0.1) is 0 Å². The van der Waals surface area contributed by atoms with Gasteiger partial charge >= 0.3 is 11.8 Å². The number of nitrogens with zero attached hydrogens (tertiary/aromatic N) is 4. The Balaban J connectivity index is 1.26. The van der Waals surface area contributed by atoms with Gasteiger partial charge in [0, 0.05) is 38.3 Å². The highest BCUT2D eigenvalue weighted by molar-refractivity contribution is 5.89. The van der Waals surface area contributed by atoms with E-state index >= 15 is 0 Å². The lowest BCUT2D eigenvalue weighted by atomic mass is 10.2. The van der Waals surface area contributed by atoms with E-state index in [1.807, 2.05) is 0 Å². The molecule has 2 aliphatic heterocycles. The lowest BCUT2D eigenvalue weighted by molar-refractivity contribution is 0.0915. The van der Waals surface area contributed by atoms with Crippen LogP contribution in [0.3, 0.4) is 0 Å². The second kappa shape index (κ2) is 7.93. The van der Waals surface area contributed by atoms with Gasteiger partial charge in [-0.15, -0.1) is 10.2 Å². The van der Waals surface area contributed by atoms with Gasteiger partial charge in [0.05, 0.1) is 0 Å². The van der Waals surface area contributed by atoms with Crippen LogP contribution in [-0.2, 0) is 0 Å². The summed E-state index contributed by atoms with van der Waals surface area (Å²) in [5.41, 5.74) is 0.681. The SMILES string of the molecule is CN1CCN(CCCNC(=O)c2nnc(-c3ccc4c(c3)OCO4)o2)CC1. The molecule has 1 aromatic heterocycles. The van der Waals surface area contributed by atoms with Crippen LogP contribution in [0.4, 0.5) is 0 Å². The monoisotopic (exact) mass is 373 g/mol. The number of benzene rings is 1. The highest BCUT2D eigenvalue weighted by Gasteiger charge is 2.19. The maximum Gasteiger partial charge on any atom is 0.308 e. The van der Waals surface area contributed by atoms with Gasteiger partial charge in [0.25, 0.3) is 0 Å². The summed E-state index contributed by atoms with van der Waals surface area (Å²) in [6, 6.07) is 5.33. The standard InChI is InChI=1S/C18H23N5O4/c1-22-7-9-23(10-8-22)6-2-5-19-16(24)18-21-20-17(27-18)13-3-4-14-15(11-13)26-12-25-14/h3-4,11H,2,5-10,12H2,1H3,(H,19,24). The van der Waals surface area contributed by atoms with Gasteiger partial charge in [-0.25, -0.2) is 0 Å². The fourth-order valence-electron chi connectivity index (χ4n) is 3.11. The average molecular weight is 373 g/mol. The lowest BCUT2D eigenvalue weighted by Crippen LogP contribution is -2.45. The molecule has 1 aromatic carbocycles. The minimum absolute atomic E-state index is 0.0396. The van der Waals surface area contributed by atoms with Gasteiger partial charge in [-0.1, -0.05) is 0 Å². The Morgan fingerprint density at radius 3 is 2.81 bits per heavy atom. The van der Waals surface area contributed by atoms with Crippen molar-refractivity contribution in [2.45, 2.75) is 6.42 Å². The van der Waals surface area contributed by atoms with Crippen LogP contribution in [0.15, 0.2) is 22.6 Å². The Hall–Kier alpha value is -2.65. The molecule has 9 heteroatoms. The number of amides is 1. The Morgan fingerprint density at radius 1 is 1.15 bits per heavy atom. The molecule has 27 heavy (non-hydrogen) atoms. The molecule has 0 spiro atoms. The third kappa shape index (κ3) is 4.20. The second-order valence-corrected chi connectivity index (χ2v) is 6.73. The van der Waals surface area contributed by atoms with Gasteiger partial charge in [-0.05, 0) is 38.2 Å². The van der Waals surface area contributed by atoms with Crippen molar-refractivity contribution in [2.75, 3.05) is 53.1 Å². The Labute approximate surface area is 157 Å². The molecule has 1 amide bonds. The molecule has 4 rings (SSSR count). The van der Waals surface area contributed by atoms with Gasteiger partial charge in [-0.3, -0.25) is 4.79 Å². The number of carbonyl (C=O) groups excluding carboxylic acids is 1. The molecule has 0 bridgehead atoms. The zero-order valence-electron chi connectivity index (χ0n) is 15.3. The van der Waals surface area contributed by atoms with E-state index in [2.05, 4.69) is 32.4 Å². The number of hydrogen-bond donors (Lipinski definition) is 1. The van der Waals surface area contributed by atoms with Crippen LogP contribution in [0.25, 0.3) is 11.5 Å². The van der Waals surface area contributed by atoms with E-state index in [9.17, 15) is 4.79 Å². The van der Waals surface area contributed by atoms with Crippen LogP contribution < -0.4 is 14.8 Å². The predicted molar refractivity (Wildman–Crippen MR) is 96.7 cm³/mol. The molecule has 1 fully saturated rings. The Morgan fingerprint density at radius 2 is 1.96 bits per heavy atom. The first-order valence-electron chi connectivity index (χ1n) is 9.12. The van der Waals surface area contributed by atoms with Crippen molar-refractivity contribution < 1.29 is 18.7 Å². The number of ether oxygens (including phenoxy) is 2. The molecule has 0 atom stereocenters. The summed E-state index contributed by atoms with van der Waals surface area (Å²) in [5, 5.41) is 10.6. The van der Waals surface area contributed by atoms with Crippen LogP contribution in [0.2, 0.25) is 0 Å². The van der Waals surface area contributed by atoms with Crippen molar-refractivity contribution in [1.29, 1.82) is 0 Å². The van der Waals surface area contributed by atoms with Crippen LogP contribution >= 0.6 is 0 Å². The fraction of sp³-hybridized carbons (Fsp3) is 0.500. The fourth-order valence-corrected chi connectivity index (χ4v) is 3.11. The summed E-state index contributed by atoms with van der Waals surface area (Å²) in [5.74, 6) is 1.18. The molecule has 2 aromatic rings. The van der Waals surface area contributed by atoms with Gasteiger partial charge in [0.2, 0.25) is 12.7 Å². The van der Waals surface area contributed by atoms with E-state index in [-0.39, 0.29) is 24.5 Å². The van der Waals surface area contributed by atoms with Crippen molar-refractivity contribution in [3.63, 3.8) is 0 Å². The van der Waals surface area contributed by atoms with E-state index in [0.29, 0.717) is 23.6 Å². The van der Waals surface area contributed by atoms with E-state index < -0.39 is 0 Å². The molecule has 144 valence electrons. The van der Waals surface area contributed by atoms with Crippen LogP contribution in [0.1, 0.15) is 17.1 Å². The molecule has 0 unspecified atom stereocenters. The third-order valence-corrected chi connectivity index (χ3v) is 4.77.